The van der Waals surface area contributed by atoms with Crippen LogP contribution in [0.1, 0.15) is 55.3 Å². The highest BCUT2D eigenvalue weighted by molar-refractivity contribution is 7.15. The minimum Gasteiger partial charge on any atom is -0.385 e. The third kappa shape index (κ3) is 5.75. The Morgan fingerprint density at radius 1 is 1.32 bits per heavy atom. The molecule has 3 heterocycles. The van der Waals surface area contributed by atoms with E-state index in [0.29, 0.717) is 17.4 Å². The van der Waals surface area contributed by atoms with Crippen LogP contribution in [0.3, 0.4) is 0 Å². The number of hydrogen-bond donors (Lipinski definition) is 2. The van der Waals surface area contributed by atoms with Crippen LogP contribution in [-0.2, 0) is 6.54 Å². The van der Waals surface area contributed by atoms with Crippen LogP contribution < -0.4 is 10.6 Å². The molecule has 2 N–H and O–H groups in total. The summed E-state index contributed by atoms with van der Waals surface area (Å²) in [6.45, 7) is 10.6. The summed E-state index contributed by atoms with van der Waals surface area (Å²) in [5.41, 5.74) is 4.56. The van der Waals surface area contributed by atoms with E-state index in [2.05, 4.69) is 57.8 Å². The van der Waals surface area contributed by atoms with Crippen molar-refractivity contribution in [3.8, 4) is 0 Å². The van der Waals surface area contributed by atoms with Crippen molar-refractivity contribution in [2.75, 3.05) is 5.32 Å². The summed E-state index contributed by atoms with van der Waals surface area (Å²) in [5, 5.41) is 21.3. The predicted octanol–water partition coefficient (Wildman–Crippen LogP) is 4.89. The topological polar surface area (TPSA) is 80.5 Å². The van der Waals surface area contributed by atoms with Crippen LogP contribution in [0.5, 0.6) is 0 Å². The van der Waals surface area contributed by atoms with Gasteiger partial charge >= 0.3 is 0 Å². The van der Waals surface area contributed by atoms with Gasteiger partial charge in [-0.05, 0) is 70.2 Å². The Morgan fingerprint density at radius 3 is 2.81 bits per heavy atom. The molecule has 0 saturated heterocycles. The highest BCUT2D eigenvalue weighted by Gasteiger charge is 2.17. The zero-order chi connectivity index (χ0) is 22.4. The molecule has 0 saturated carbocycles. The van der Waals surface area contributed by atoms with E-state index in [1.165, 1.54) is 23.0 Å². The number of aryl methyl sites for hydroxylation is 2. The van der Waals surface area contributed by atoms with Gasteiger partial charge in [0.1, 0.15) is 16.9 Å². The standard InChI is InChI=1S/C22H28FN7S/c1-6-14(2)19(9-11-24-13-20-18(23)8-7-10-25-20)26-22-28-27-21(31-22)17(5)30-16(4)12-15(3)29-30/h7-12,17,24H,6,13H2,1-5H3,(H,26,28)/b11-9-,19-14-. The van der Waals surface area contributed by atoms with Gasteiger partial charge in [0.25, 0.3) is 0 Å². The third-order valence-electron chi connectivity index (χ3n) is 4.91. The molecule has 0 aromatic carbocycles. The Bertz CT molecular complexity index is 1080. The first-order valence-corrected chi connectivity index (χ1v) is 11.0. The zero-order valence-corrected chi connectivity index (χ0v) is 19.3. The number of allylic oxidation sites excluding steroid dienone is 2. The van der Waals surface area contributed by atoms with E-state index in [4.69, 9.17) is 0 Å². The lowest BCUT2D eigenvalue weighted by Gasteiger charge is -2.10. The van der Waals surface area contributed by atoms with Gasteiger partial charge in [0.15, 0.2) is 0 Å². The largest absolute Gasteiger partial charge is 0.385 e. The first-order chi connectivity index (χ1) is 14.9. The third-order valence-corrected chi connectivity index (χ3v) is 5.92. The van der Waals surface area contributed by atoms with Crippen LogP contribution in [0.25, 0.3) is 0 Å². The average Bonchev–Trinajstić information content (AvgIpc) is 3.36. The fourth-order valence-corrected chi connectivity index (χ4v) is 3.83. The molecular formula is C22H28FN7S. The molecule has 3 rings (SSSR count). The second kappa shape index (κ2) is 10.3. The summed E-state index contributed by atoms with van der Waals surface area (Å²) in [4.78, 5) is 4.04. The summed E-state index contributed by atoms with van der Waals surface area (Å²) in [5.74, 6) is -0.319. The van der Waals surface area contributed by atoms with Crippen LogP contribution >= 0.6 is 11.3 Å². The lowest BCUT2D eigenvalue weighted by atomic mass is 10.2. The van der Waals surface area contributed by atoms with E-state index in [1.807, 2.05) is 24.6 Å². The SMILES string of the molecule is CC/C(C)=C(/C=C\NCc1ncccc1F)Nc1nnc(C(C)n2nc(C)cc2C)s1. The number of hydrogen-bond acceptors (Lipinski definition) is 7. The summed E-state index contributed by atoms with van der Waals surface area (Å²) in [6.07, 6.45) is 6.18. The van der Waals surface area contributed by atoms with Gasteiger partial charge in [-0.15, -0.1) is 10.2 Å². The van der Waals surface area contributed by atoms with E-state index in [0.717, 1.165) is 28.5 Å². The molecule has 0 bridgehead atoms. The maximum absolute atomic E-state index is 13.7. The molecule has 31 heavy (non-hydrogen) atoms. The zero-order valence-electron chi connectivity index (χ0n) is 18.5. The number of aromatic nitrogens is 5. The number of anilines is 1. The fraction of sp³-hybridized carbons (Fsp3) is 0.364. The van der Waals surface area contributed by atoms with Crippen molar-refractivity contribution in [3.05, 3.63) is 75.8 Å². The van der Waals surface area contributed by atoms with Crippen LogP contribution in [0.15, 0.2) is 47.9 Å². The first-order valence-electron chi connectivity index (χ1n) is 10.2. The molecule has 0 amide bonds. The van der Waals surface area contributed by atoms with Crippen molar-refractivity contribution in [2.24, 2.45) is 0 Å². The van der Waals surface area contributed by atoms with Gasteiger partial charge in [0.05, 0.1) is 17.9 Å². The highest BCUT2D eigenvalue weighted by atomic mass is 32.1. The quantitative estimate of drug-likeness (QED) is 0.460. The van der Waals surface area contributed by atoms with Gasteiger partial charge in [-0.1, -0.05) is 18.3 Å². The maximum Gasteiger partial charge on any atom is 0.210 e. The van der Waals surface area contributed by atoms with Crippen molar-refractivity contribution >= 4 is 16.5 Å². The highest BCUT2D eigenvalue weighted by Crippen LogP contribution is 2.27. The Balaban J connectivity index is 1.68. The molecule has 0 aliphatic carbocycles. The lowest BCUT2D eigenvalue weighted by molar-refractivity contribution is 0.540. The molecule has 0 aliphatic rings. The molecule has 7 nitrogen and oxygen atoms in total. The van der Waals surface area contributed by atoms with Crippen LogP contribution in [-0.4, -0.2) is 25.0 Å². The minimum absolute atomic E-state index is 0.00642. The first kappa shape index (κ1) is 22.6. The van der Waals surface area contributed by atoms with Gasteiger partial charge in [-0.25, -0.2) is 4.39 Å². The van der Waals surface area contributed by atoms with Crippen LogP contribution in [0.2, 0.25) is 0 Å². The second-order valence-corrected chi connectivity index (χ2v) is 8.32. The Labute approximate surface area is 186 Å². The molecule has 0 spiro atoms. The number of nitrogens with zero attached hydrogens (tertiary/aromatic N) is 5. The summed E-state index contributed by atoms with van der Waals surface area (Å²) in [6, 6.07) is 5.04. The van der Waals surface area contributed by atoms with Crippen LogP contribution in [0, 0.1) is 19.7 Å². The molecule has 9 heteroatoms. The number of nitrogens with one attached hydrogen (secondary N) is 2. The monoisotopic (exact) mass is 441 g/mol. The summed E-state index contributed by atoms with van der Waals surface area (Å²) in [7, 11) is 0. The Hall–Kier alpha value is -3.07. The molecular weight excluding hydrogens is 413 g/mol. The normalized spacial score (nSPS) is 13.4. The van der Waals surface area contributed by atoms with Gasteiger partial charge in [0.2, 0.25) is 5.13 Å². The summed E-state index contributed by atoms with van der Waals surface area (Å²) >= 11 is 1.51. The van der Waals surface area contributed by atoms with E-state index in [9.17, 15) is 4.39 Å². The van der Waals surface area contributed by atoms with Crippen molar-refractivity contribution in [1.82, 2.24) is 30.3 Å². The van der Waals surface area contributed by atoms with E-state index >= 15 is 0 Å². The maximum atomic E-state index is 13.7. The second-order valence-electron chi connectivity index (χ2n) is 7.31. The van der Waals surface area contributed by atoms with Crippen LogP contribution in [0.4, 0.5) is 9.52 Å². The van der Waals surface area contributed by atoms with Crippen molar-refractivity contribution in [3.63, 3.8) is 0 Å². The molecule has 1 unspecified atom stereocenters. The van der Waals surface area contributed by atoms with Crippen molar-refractivity contribution < 1.29 is 4.39 Å². The molecule has 3 aromatic heterocycles. The van der Waals surface area contributed by atoms with Gasteiger partial charge in [-0.3, -0.25) is 9.67 Å². The molecule has 3 aromatic rings. The average molecular weight is 442 g/mol. The lowest BCUT2D eigenvalue weighted by Crippen LogP contribution is -2.10. The van der Waals surface area contributed by atoms with E-state index in [1.54, 1.807) is 18.5 Å². The Kier molecular flexibility index (Phi) is 7.51. The molecule has 164 valence electrons. The minimum atomic E-state index is -0.319. The smallest absolute Gasteiger partial charge is 0.210 e. The molecule has 0 radical (unpaired) electrons. The predicted molar refractivity (Wildman–Crippen MR) is 122 cm³/mol. The van der Waals surface area contributed by atoms with Crippen molar-refractivity contribution in [2.45, 2.75) is 53.6 Å². The molecule has 0 fully saturated rings. The fourth-order valence-electron chi connectivity index (χ4n) is 3.04. The number of rotatable bonds is 9. The van der Waals surface area contributed by atoms with Gasteiger partial charge in [0, 0.05) is 17.6 Å². The van der Waals surface area contributed by atoms with Gasteiger partial charge < -0.3 is 10.6 Å². The van der Waals surface area contributed by atoms with Crippen molar-refractivity contribution in [1.29, 1.82) is 0 Å². The number of pyridine rings is 1. The summed E-state index contributed by atoms with van der Waals surface area (Å²) < 4.78 is 15.7. The van der Waals surface area contributed by atoms with Gasteiger partial charge in [-0.2, -0.15) is 5.10 Å². The number of halogens is 1. The molecule has 0 aliphatic heterocycles. The molecule has 1 atom stereocenters. The van der Waals surface area contributed by atoms with E-state index < -0.39 is 0 Å². The Morgan fingerprint density at radius 2 is 2.13 bits per heavy atom. The van der Waals surface area contributed by atoms with E-state index in [-0.39, 0.29) is 11.9 Å².